The maximum absolute atomic E-state index is 5.65. The van der Waals surface area contributed by atoms with Crippen LogP contribution in [0.5, 0.6) is 5.75 Å². The molecule has 0 unspecified atom stereocenters. The van der Waals surface area contributed by atoms with Crippen LogP contribution >= 0.6 is 12.2 Å². The van der Waals surface area contributed by atoms with E-state index in [4.69, 9.17) is 21.7 Å². The van der Waals surface area contributed by atoms with E-state index in [0.717, 1.165) is 47.5 Å². The number of unbranched alkanes of at least 4 members (excludes halogenated alkanes) is 1. The van der Waals surface area contributed by atoms with Gasteiger partial charge in [0.25, 0.3) is 0 Å². The van der Waals surface area contributed by atoms with Gasteiger partial charge in [-0.2, -0.15) is 0 Å². The predicted molar refractivity (Wildman–Crippen MR) is 88.6 cm³/mol. The number of ether oxygens (including phenoxy) is 2. The van der Waals surface area contributed by atoms with Crippen molar-refractivity contribution in [2.24, 2.45) is 0 Å². The molecule has 1 N–H and O–H groups in total. The Morgan fingerprint density at radius 1 is 1.29 bits per heavy atom. The fraction of sp³-hybridized carbons (Fsp3) is 0.562. The number of rotatable bonds is 8. The summed E-state index contributed by atoms with van der Waals surface area (Å²) in [4.78, 5) is 3.26. The molecule has 116 valence electrons. The average molecular weight is 308 g/mol. The van der Waals surface area contributed by atoms with E-state index < -0.39 is 0 Å². The number of fused-ring (bicyclic) bond motifs is 1. The first-order valence-electron chi connectivity index (χ1n) is 7.59. The molecule has 0 aliphatic heterocycles. The average Bonchev–Trinajstić information content (AvgIpc) is 2.76. The molecule has 0 aliphatic rings. The van der Waals surface area contributed by atoms with Crippen molar-refractivity contribution in [2.45, 2.75) is 46.3 Å². The van der Waals surface area contributed by atoms with Gasteiger partial charge in [0.05, 0.1) is 18.2 Å². The van der Waals surface area contributed by atoms with Crippen molar-refractivity contribution in [2.75, 3.05) is 13.2 Å². The molecular formula is C16H24N2O2S. The highest BCUT2D eigenvalue weighted by atomic mass is 32.1. The SMILES string of the molecule is CCOc1cccc2c1[nH]c(=S)n2CCCCOC(C)C. The van der Waals surface area contributed by atoms with Crippen molar-refractivity contribution in [1.82, 2.24) is 9.55 Å². The Balaban J connectivity index is 2.08. The van der Waals surface area contributed by atoms with Gasteiger partial charge in [-0.05, 0) is 58.0 Å². The highest BCUT2D eigenvalue weighted by Gasteiger charge is 2.08. The molecule has 2 aromatic rings. The fourth-order valence-corrected chi connectivity index (χ4v) is 2.63. The van der Waals surface area contributed by atoms with E-state index in [2.05, 4.69) is 29.5 Å². The second-order valence-electron chi connectivity index (χ2n) is 5.29. The molecule has 21 heavy (non-hydrogen) atoms. The van der Waals surface area contributed by atoms with Crippen LogP contribution in [-0.2, 0) is 11.3 Å². The third kappa shape index (κ3) is 4.08. The summed E-state index contributed by atoms with van der Waals surface area (Å²) in [5.41, 5.74) is 2.10. The van der Waals surface area contributed by atoms with E-state index >= 15 is 0 Å². The van der Waals surface area contributed by atoms with Gasteiger partial charge in [-0.3, -0.25) is 0 Å². The van der Waals surface area contributed by atoms with Gasteiger partial charge in [-0.25, -0.2) is 0 Å². The topological polar surface area (TPSA) is 39.2 Å². The highest BCUT2D eigenvalue weighted by Crippen LogP contribution is 2.25. The smallest absolute Gasteiger partial charge is 0.178 e. The lowest BCUT2D eigenvalue weighted by Gasteiger charge is -2.08. The zero-order valence-corrected chi connectivity index (χ0v) is 13.8. The first-order valence-corrected chi connectivity index (χ1v) is 8.00. The standard InChI is InChI=1S/C16H24N2O2S/c1-4-19-14-9-7-8-13-15(14)17-16(21)18(13)10-5-6-11-20-12(2)3/h7-9,12H,4-6,10-11H2,1-3H3,(H,17,21). The van der Waals surface area contributed by atoms with Gasteiger partial charge < -0.3 is 19.0 Å². The molecular weight excluding hydrogens is 284 g/mol. The van der Waals surface area contributed by atoms with E-state index in [1.807, 2.05) is 19.1 Å². The molecule has 0 atom stereocenters. The van der Waals surface area contributed by atoms with Crippen molar-refractivity contribution in [1.29, 1.82) is 0 Å². The van der Waals surface area contributed by atoms with Gasteiger partial charge >= 0.3 is 0 Å². The van der Waals surface area contributed by atoms with Crippen LogP contribution in [0.4, 0.5) is 0 Å². The Morgan fingerprint density at radius 3 is 2.81 bits per heavy atom. The molecule has 0 radical (unpaired) electrons. The van der Waals surface area contributed by atoms with Crippen LogP contribution in [0.25, 0.3) is 11.0 Å². The summed E-state index contributed by atoms with van der Waals surface area (Å²) < 4.78 is 14.1. The number of nitrogens with one attached hydrogen (secondary N) is 1. The predicted octanol–water partition coefficient (Wildman–Crippen LogP) is 4.30. The van der Waals surface area contributed by atoms with Gasteiger partial charge in [0.1, 0.15) is 11.3 Å². The normalized spacial score (nSPS) is 11.4. The minimum Gasteiger partial charge on any atom is -0.492 e. The van der Waals surface area contributed by atoms with Crippen LogP contribution in [0, 0.1) is 4.77 Å². The number of aromatic amines is 1. The van der Waals surface area contributed by atoms with Gasteiger partial charge in [0.2, 0.25) is 0 Å². The molecule has 0 saturated heterocycles. The summed E-state index contributed by atoms with van der Waals surface area (Å²) in [5, 5.41) is 0. The van der Waals surface area contributed by atoms with Gasteiger partial charge in [-0.1, -0.05) is 6.07 Å². The largest absolute Gasteiger partial charge is 0.492 e. The summed E-state index contributed by atoms with van der Waals surface area (Å²) in [5.74, 6) is 0.864. The molecule has 1 aromatic carbocycles. The zero-order valence-electron chi connectivity index (χ0n) is 13.0. The molecule has 0 fully saturated rings. The van der Waals surface area contributed by atoms with Crippen LogP contribution in [-0.4, -0.2) is 28.9 Å². The molecule has 4 nitrogen and oxygen atoms in total. The van der Waals surface area contributed by atoms with E-state index in [-0.39, 0.29) is 0 Å². The Morgan fingerprint density at radius 2 is 2.10 bits per heavy atom. The number of hydrogen-bond donors (Lipinski definition) is 1. The third-order valence-corrected chi connectivity index (χ3v) is 3.62. The van der Waals surface area contributed by atoms with Gasteiger partial charge in [-0.15, -0.1) is 0 Å². The first-order chi connectivity index (χ1) is 10.1. The highest BCUT2D eigenvalue weighted by molar-refractivity contribution is 7.71. The number of para-hydroxylation sites is 1. The molecule has 1 heterocycles. The zero-order chi connectivity index (χ0) is 15.2. The summed E-state index contributed by atoms with van der Waals surface area (Å²) in [6.07, 6.45) is 2.39. The number of imidazole rings is 1. The van der Waals surface area contributed by atoms with Crippen molar-refractivity contribution in [3.05, 3.63) is 23.0 Å². The molecule has 1 aromatic heterocycles. The minimum absolute atomic E-state index is 0.300. The lowest BCUT2D eigenvalue weighted by atomic mass is 10.2. The lowest BCUT2D eigenvalue weighted by Crippen LogP contribution is -2.05. The Kier molecular flexibility index (Phi) is 5.82. The Bertz CT molecular complexity index is 631. The van der Waals surface area contributed by atoms with Gasteiger partial charge in [0, 0.05) is 13.2 Å². The van der Waals surface area contributed by atoms with Crippen molar-refractivity contribution in [3.63, 3.8) is 0 Å². The van der Waals surface area contributed by atoms with Crippen molar-refractivity contribution in [3.8, 4) is 5.75 Å². The number of hydrogen-bond acceptors (Lipinski definition) is 3. The van der Waals surface area contributed by atoms with Crippen LogP contribution in [0.3, 0.4) is 0 Å². The van der Waals surface area contributed by atoms with Crippen LogP contribution in [0.1, 0.15) is 33.6 Å². The number of aryl methyl sites for hydroxylation is 1. The van der Waals surface area contributed by atoms with Crippen molar-refractivity contribution < 1.29 is 9.47 Å². The van der Waals surface area contributed by atoms with Crippen molar-refractivity contribution >= 4 is 23.3 Å². The van der Waals surface area contributed by atoms with Crippen LogP contribution in [0.15, 0.2) is 18.2 Å². The Labute approximate surface area is 131 Å². The molecule has 5 heteroatoms. The van der Waals surface area contributed by atoms with E-state index in [1.54, 1.807) is 0 Å². The van der Waals surface area contributed by atoms with E-state index in [9.17, 15) is 0 Å². The number of aromatic nitrogens is 2. The van der Waals surface area contributed by atoms with E-state index in [1.165, 1.54) is 0 Å². The number of benzene rings is 1. The van der Waals surface area contributed by atoms with Crippen LogP contribution < -0.4 is 4.74 Å². The first kappa shape index (κ1) is 16.0. The molecule has 0 aliphatic carbocycles. The van der Waals surface area contributed by atoms with E-state index in [0.29, 0.717) is 12.7 Å². The quantitative estimate of drug-likeness (QED) is 0.583. The summed E-state index contributed by atoms with van der Waals surface area (Å²) in [6, 6.07) is 6.06. The summed E-state index contributed by atoms with van der Waals surface area (Å²) >= 11 is 5.44. The monoisotopic (exact) mass is 308 g/mol. The minimum atomic E-state index is 0.300. The molecule has 0 saturated carbocycles. The number of nitrogens with zero attached hydrogens (tertiary/aromatic N) is 1. The second-order valence-corrected chi connectivity index (χ2v) is 5.68. The summed E-state index contributed by atoms with van der Waals surface area (Å²) in [7, 11) is 0. The second kappa shape index (κ2) is 7.61. The van der Waals surface area contributed by atoms with Crippen LogP contribution in [0.2, 0.25) is 0 Å². The molecule has 0 spiro atoms. The van der Waals surface area contributed by atoms with Gasteiger partial charge in [0.15, 0.2) is 4.77 Å². The summed E-state index contributed by atoms with van der Waals surface area (Å²) in [6.45, 7) is 8.46. The lowest BCUT2D eigenvalue weighted by molar-refractivity contribution is 0.0755. The third-order valence-electron chi connectivity index (χ3n) is 3.30. The Hall–Kier alpha value is -1.33. The molecule has 0 bridgehead atoms. The maximum Gasteiger partial charge on any atom is 0.178 e. The molecule has 2 rings (SSSR count). The fourth-order valence-electron chi connectivity index (χ4n) is 2.34. The number of H-pyrrole nitrogens is 1. The maximum atomic E-state index is 5.65. The molecule has 0 amide bonds.